The van der Waals surface area contributed by atoms with Gasteiger partial charge in [-0.25, -0.2) is 0 Å². The maximum Gasteiger partial charge on any atom is -0.0101 e. The summed E-state index contributed by atoms with van der Waals surface area (Å²) in [5.41, 5.74) is 4.55. The molecule has 0 aromatic heterocycles. The summed E-state index contributed by atoms with van der Waals surface area (Å²) in [5, 5.41) is 0. The summed E-state index contributed by atoms with van der Waals surface area (Å²) in [6.07, 6.45) is 6.90. The third kappa shape index (κ3) is 2.33. The minimum Gasteiger partial charge on any atom is -0.0961 e. The predicted molar refractivity (Wildman–Crippen MR) is 59.7 cm³/mol. The monoisotopic (exact) mass is 176 g/mol. The van der Waals surface area contributed by atoms with Crippen LogP contribution in [-0.4, -0.2) is 0 Å². The summed E-state index contributed by atoms with van der Waals surface area (Å²) in [6.45, 7) is 12.8. The minimum atomic E-state index is 0.371. The number of hydrogen-bond donors (Lipinski definition) is 0. The van der Waals surface area contributed by atoms with Gasteiger partial charge in [0.1, 0.15) is 0 Å². The van der Waals surface area contributed by atoms with E-state index in [1.54, 1.807) is 5.57 Å². The van der Waals surface area contributed by atoms with Crippen molar-refractivity contribution < 1.29 is 0 Å². The maximum atomic E-state index is 3.88. The molecule has 0 heterocycles. The Morgan fingerprint density at radius 2 is 2.08 bits per heavy atom. The van der Waals surface area contributed by atoms with E-state index in [-0.39, 0.29) is 0 Å². The molecule has 0 aliphatic heterocycles. The predicted octanol–water partition coefficient (Wildman–Crippen LogP) is 4.26. The van der Waals surface area contributed by atoms with Crippen LogP contribution in [0, 0.1) is 5.41 Å². The summed E-state index contributed by atoms with van der Waals surface area (Å²) in [4.78, 5) is 0. The SMILES string of the molecule is C=C(C)/C=C\C1=C(C)CCC1(C)C. The van der Waals surface area contributed by atoms with Crippen LogP contribution in [0.2, 0.25) is 0 Å². The van der Waals surface area contributed by atoms with Crippen LogP contribution in [0.15, 0.2) is 35.5 Å². The van der Waals surface area contributed by atoms with E-state index in [1.165, 1.54) is 18.4 Å². The van der Waals surface area contributed by atoms with Gasteiger partial charge in [-0.2, -0.15) is 0 Å². The fourth-order valence-corrected chi connectivity index (χ4v) is 1.94. The van der Waals surface area contributed by atoms with E-state index < -0.39 is 0 Å². The van der Waals surface area contributed by atoms with Crippen LogP contribution in [-0.2, 0) is 0 Å². The Balaban J connectivity index is 2.89. The van der Waals surface area contributed by atoms with Crippen molar-refractivity contribution in [2.75, 3.05) is 0 Å². The summed E-state index contributed by atoms with van der Waals surface area (Å²) in [5.74, 6) is 0. The van der Waals surface area contributed by atoms with Crippen molar-refractivity contribution in [1.29, 1.82) is 0 Å². The topological polar surface area (TPSA) is 0 Å². The zero-order valence-electron chi connectivity index (χ0n) is 9.28. The smallest absolute Gasteiger partial charge is 0.0101 e. The first-order chi connectivity index (χ1) is 5.93. The van der Waals surface area contributed by atoms with Crippen molar-refractivity contribution in [2.24, 2.45) is 5.41 Å². The van der Waals surface area contributed by atoms with Crippen LogP contribution in [0.4, 0.5) is 0 Å². The molecule has 72 valence electrons. The van der Waals surface area contributed by atoms with E-state index in [1.807, 2.05) is 6.92 Å². The lowest BCUT2D eigenvalue weighted by Crippen LogP contribution is -2.08. The second-order valence-electron chi connectivity index (χ2n) is 4.76. The average Bonchev–Trinajstić information content (AvgIpc) is 2.23. The molecule has 1 rings (SSSR count). The summed E-state index contributed by atoms with van der Waals surface area (Å²) in [7, 11) is 0. The van der Waals surface area contributed by atoms with Crippen molar-refractivity contribution in [1.82, 2.24) is 0 Å². The molecule has 0 N–H and O–H groups in total. The maximum absolute atomic E-state index is 3.88. The first-order valence-electron chi connectivity index (χ1n) is 4.97. The molecule has 1 aliphatic rings. The highest BCUT2D eigenvalue weighted by Crippen LogP contribution is 2.42. The highest BCUT2D eigenvalue weighted by Gasteiger charge is 2.28. The van der Waals surface area contributed by atoms with Gasteiger partial charge in [-0.05, 0) is 37.7 Å². The van der Waals surface area contributed by atoms with Gasteiger partial charge in [0.25, 0.3) is 0 Å². The molecule has 1 aliphatic carbocycles. The second-order valence-corrected chi connectivity index (χ2v) is 4.76. The van der Waals surface area contributed by atoms with E-state index in [0.29, 0.717) is 5.41 Å². The van der Waals surface area contributed by atoms with Gasteiger partial charge in [0.2, 0.25) is 0 Å². The van der Waals surface area contributed by atoms with Crippen molar-refractivity contribution in [3.8, 4) is 0 Å². The minimum absolute atomic E-state index is 0.371. The molecule has 0 amide bonds. The van der Waals surface area contributed by atoms with E-state index in [9.17, 15) is 0 Å². The van der Waals surface area contributed by atoms with Gasteiger partial charge in [0.05, 0.1) is 0 Å². The van der Waals surface area contributed by atoms with Crippen molar-refractivity contribution in [3.63, 3.8) is 0 Å². The Bertz CT molecular complexity index is 274. The fraction of sp³-hybridized carbons (Fsp3) is 0.538. The molecule has 0 saturated carbocycles. The normalized spacial score (nSPS) is 21.5. The first-order valence-corrected chi connectivity index (χ1v) is 4.97. The lowest BCUT2D eigenvalue weighted by molar-refractivity contribution is 0.451. The molecule has 0 atom stereocenters. The summed E-state index contributed by atoms with van der Waals surface area (Å²) < 4.78 is 0. The van der Waals surface area contributed by atoms with Gasteiger partial charge in [-0.3, -0.25) is 0 Å². The molecular weight excluding hydrogens is 156 g/mol. The quantitative estimate of drug-likeness (QED) is 0.552. The highest BCUT2D eigenvalue weighted by atomic mass is 14.3. The molecule has 0 spiro atoms. The Morgan fingerprint density at radius 1 is 1.46 bits per heavy atom. The van der Waals surface area contributed by atoms with Crippen LogP contribution in [0.3, 0.4) is 0 Å². The standard InChI is InChI=1S/C13H20/c1-10(2)6-7-12-11(3)8-9-13(12,4)5/h6-7H,1,8-9H2,2-5H3/b7-6-. The van der Waals surface area contributed by atoms with Gasteiger partial charge >= 0.3 is 0 Å². The van der Waals surface area contributed by atoms with Crippen LogP contribution in [0.5, 0.6) is 0 Å². The Kier molecular flexibility index (Phi) is 2.80. The Hall–Kier alpha value is -0.780. The van der Waals surface area contributed by atoms with Crippen LogP contribution >= 0.6 is 0 Å². The van der Waals surface area contributed by atoms with Crippen molar-refractivity contribution >= 4 is 0 Å². The average molecular weight is 176 g/mol. The Morgan fingerprint density at radius 3 is 2.46 bits per heavy atom. The molecule has 0 aromatic rings. The van der Waals surface area contributed by atoms with Gasteiger partial charge in [-0.15, -0.1) is 0 Å². The van der Waals surface area contributed by atoms with Gasteiger partial charge < -0.3 is 0 Å². The summed E-state index contributed by atoms with van der Waals surface area (Å²) in [6, 6.07) is 0. The molecule has 0 bridgehead atoms. The van der Waals surface area contributed by atoms with Crippen molar-refractivity contribution in [2.45, 2.75) is 40.5 Å². The zero-order chi connectivity index (χ0) is 10.1. The lowest BCUT2D eigenvalue weighted by atomic mass is 9.85. The Labute approximate surface area is 82.0 Å². The molecular formula is C13H20. The van der Waals surface area contributed by atoms with Gasteiger partial charge in [-0.1, -0.05) is 43.7 Å². The highest BCUT2D eigenvalue weighted by molar-refractivity contribution is 5.37. The fourth-order valence-electron chi connectivity index (χ4n) is 1.94. The second kappa shape index (κ2) is 3.53. The van der Waals surface area contributed by atoms with E-state index in [0.717, 1.165) is 5.57 Å². The van der Waals surface area contributed by atoms with E-state index >= 15 is 0 Å². The molecule has 0 aromatic carbocycles. The molecule has 0 unspecified atom stereocenters. The molecule has 0 fully saturated rings. The van der Waals surface area contributed by atoms with Crippen LogP contribution in [0.1, 0.15) is 40.5 Å². The third-order valence-electron chi connectivity index (χ3n) is 2.85. The first kappa shape index (κ1) is 10.3. The van der Waals surface area contributed by atoms with Gasteiger partial charge in [0, 0.05) is 0 Å². The zero-order valence-corrected chi connectivity index (χ0v) is 9.28. The number of allylic oxidation sites excluding steroid dienone is 5. The lowest BCUT2D eigenvalue weighted by Gasteiger charge is -2.20. The van der Waals surface area contributed by atoms with Crippen molar-refractivity contribution in [3.05, 3.63) is 35.5 Å². The van der Waals surface area contributed by atoms with Crippen LogP contribution in [0.25, 0.3) is 0 Å². The third-order valence-corrected chi connectivity index (χ3v) is 2.85. The largest absolute Gasteiger partial charge is 0.0961 e. The molecule has 0 nitrogen and oxygen atoms in total. The number of rotatable bonds is 2. The molecule has 13 heavy (non-hydrogen) atoms. The van der Waals surface area contributed by atoms with Gasteiger partial charge in [0.15, 0.2) is 0 Å². The van der Waals surface area contributed by atoms with E-state index in [2.05, 4.69) is 39.5 Å². The molecule has 0 heteroatoms. The number of hydrogen-bond acceptors (Lipinski definition) is 0. The molecule has 0 radical (unpaired) electrons. The summed E-state index contributed by atoms with van der Waals surface area (Å²) >= 11 is 0. The van der Waals surface area contributed by atoms with Crippen LogP contribution < -0.4 is 0 Å². The molecule has 0 saturated heterocycles. The van der Waals surface area contributed by atoms with E-state index in [4.69, 9.17) is 0 Å².